The molecule has 1 aromatic carbocycles. The number of carbonyl (C=O) groups is 1. The molecule has 0 fully saturated rings. The van der Waals surface area contributed by atoms with Gasteiger partial charge in [-0.15, -0.1) is 0 Å². The first-order valence-corrected chi connectivity index (χ1v) is 15.2. The average Bonchev–Trinajstić information content (AvgIpc) is 3.38. The number of benzene rings is 1. The topological polar surface area (TPSA) is 51.5 Å². The summed E-state index contributed by atoms with van der Waals surface area (Å²) < 4.78 is 11.5. The highest BCUT2D eigenvalue weighted by atomic mass is 16.5. The molecule has 0 aliphatic heterocycles. The van der Waals surface area contributed by atoms with Gasteiger partial charge >= 0.3 is 0 Å². The Morgan fingerprint density at radius 1 is 0.730 bits per heavy atom. The fourth-order valence-electron chi connectivity index (χ4n) is 4.64. The predicted octanol–water partition coefficient (Wildman–Crippen LogP) is 9.97. The summed E-state index contributed by atoms with van der Waals surface area (Å²) in [6.45, 7) is 7.64. The van der Waals surface area contributed by atoms with Crippen LogP contribution in [0.1, 0.15) is 151 Å². The van der Waals surface area contributed by atoms with Gasteiger partial charge in [-0.1, -0.05) is 129 Å². The smallest absolute Gasteiger partial charge is 0.286 e. The fourth-order valence-corrected chi connectivity index (χ4v) is 4.64. The summed E-state index contributed by atoms with van der Waals surface area (Å²) in [6.07, 6.45) is 21.6. The molecular formula is C33H53NO3. The van der Waals surface area contributed by atoms with Crippen LogP contribution in [0.15, 0.2) is 40.8 Å². The molecule has 1 heterocycles. The normalized spacial score (nSPS) is 11.2. The number of unbranched alkanes of at least 4 members (excludes halogenated alkanes) is 15. The molecule has 2 aromatic rings. The molecule has 0 radical (unpaired) electrons. The number of amides is 1. The van der Waals surface area contributed by atoms with Crippen LogP contribution in [0.2, 0.25) is 0 Å². The van der Waals surface area contributed by atoms with Crippen LogP contribution in [0.5, 0.6) is 5.75 Å². The molecule has 208 valence electrons. The van der Waals surface area contributed by atoms with Crippen molar-refractivity contribution in [3.05, 3.63) is 53.5 Å². The quantitative estimate of drug-likeness (QED) is 0.160. The summed E-state index contributed by atoms with van der Waals surface area (Å²) in [7, 11) is 0. The van der Waals surface area contributed by atoms with E-state index in [1.54, 1.807) is 6.07 Å². The van der Waals surface area contributed by atoms with Gasteiger partial charge in [0.2, 0.25) is 0 Å². The van der Waals surface area contributed by atoms with Gasteiger partial charge in [-0.05, 0) is 42.2 Å². The predicted molar refractivity (Wildman–Crippen MR) is 155 cm³/mol. The lowest BCUT2D eigenvalue weighted by atomic mass is 10.0. The van der Waals surface area contributed by atoms with Crippen molar-refractivity contribution >= 4 is 5.91 Å². The molecule has 4 nitrogen and oxygen atoms in total. The Labute approximate surface area is 227 Å². The monoisotopic (exact) mass is 511 g/mol. The highest BCUT2D eigenvalue weighted by Gasteiger charge is 2.11. The van der Waals surface area contributed by atoms with E-state index in [9.17, 15) is 4.79 Å². The van der Waals surface area contributed by atoms with Gasteiger partial charge in [0.1, 0.15) is 18.1 Å². The van der Waals surface area contributed by atoms with Crippen molar-refractivity contribution in [1.29, 1.82) is 0 Å². The van der Waals surface area contributed by atoms with Crippen LogP contribution in [0, 0.1) is 0 Å². The highest BCUT2D eigenvalue weighted by molar-refractivity contribution is 5.91. The molecule has 1 amide bonds. The summed E-state index contributed by atoms with van der Waals surface area (Å²) in [5, 5.41) is 2.98. The Bertz CT molecular complexity index is 824. The van der Waals surface area contributed by atoms with Crippen LogP contribution in [-0.2, 0) is 6.61 Å². The molecule has 0 saturated heterocycles. The van der Waals surface area contributed by atoms with Crippen molar-refractivity contribution in [3.63, 3.8) is 0 Å². The van der Waals surface area contributed by atoms with E-state index in [0.717, 1.165) is 12.2 Å². The standard InChI is InChI=1S/C33H53NO3/c1-4-5-6-7-8-9-10-11-12-13-14-15-16-17-18-19-26-34-33(35)32-25-24-31(37-32)27-36-30-22-20-29(21-23-30)28(2)3/h20-25,28H,4-19,26-27H2,1-3H3,(H,34,35). The summed E-state index contributed by atoms with van der Waals surface area (Å²) >= 11 is 0. The summed E-state index contributed by atoms with van der Waals surface area (Å²) in [5.41, 5.74) is 1.29. The van der Waals surface area contributed by atoms with E-state index in [2.05, 4.69) is 38.2 Å². The van der Waals surface area contributed by atoms with Crippen LogP contribution in [0.25, 0.3) is 0 Å². The van der Waals surface area contributed by atoms with Gasteiger partial charge in [-0.25, -0.2) is 0 Å². The molecule has 37 heavy (non-hydrogen) atoms. The molecule has 4 heteroatoms. The maximum absolute atomic E-state index is 12.3. The first-order chi connectivity index (χ1) is 18.1. The molecule has 0 atom stereocenters. The maximum atomic E-state index is 12.3. The molecule has 0 bridgehead atoms. The van der Waals surface area contributed by atoms with Crippen molar-refractivity contribution < 1.29 is 13.9 Å². The zero-order chi connectivity index (χ0) is 26.6. The second-order valence-electron chi connectivity index (χ2n) is 10.8. The third-order valence-electron chi connectivity index (χ3n) is 7.13. The summed E-state index contributed by atoms with van der Waals surface area (Å²) in [6, 6.07) is 11.7. The number of ether oxygens (including phenoxy) is 1. The Morgan fingerprint density at radius 2 is 1.24 bits per heavy atom. The highest BCUT2D eigenvalue weighted by Crippen LogP contribution is 2.20. The number of furan rings is 1. The third kappa shape index (κ3) is 14.3. The van der Waals surface area contributed by atoms with E-state index in [1.165, 1.54) is 102 Å². The number of rotatable bonds is 22. The first kappa shape index (κ1) is 31.0. The van der Waals surface area contributed by atoms with E-state index in [0.29, 0.717) is 30.6 Å². The average molecular weight is 512 g/mol. The fraction of sp³-hybridized carbons (Fsp3) is 0.667. The van der Waals surface area contributed by atoms with Crippen molar-refractivity contribution in [2.45, 2.75) is 136 Å². The van der Waals surface area contributed by atoms with Crippen LogP contribution in [-0.4, -0.2) is 12.5 Å². The molecule has 1 aromatic heterocycles. The number of hydrogen-bond donors (Lipinski definition) is 1. The maximum Gasteiger partial charge on any atom is 0.286 e. The van der Waals surface area contributed by atoms with Gasteiger partial charge in [0, 0.05) is 6.54 Å². The summed E-state index contributed by atoms with van der Waals surface area (Å²) in [4.78, 5) is 12.3. The minimum Gasteiger partial charge on any atom is -0.486 e. The van der Waals surface area contributed by atoms with Crippen LogP contribution in [0.3, 0.4) is 0 Å². The minimum atomic E-state index is -0.145. The van der Waals surface area contributed by atoms with Gasteiger partial charge in [-0.2, -0.15) is 0 Å². The van der Waals surface area contributed by atoms with Crippen LogP contribution >= 0.6 is 0 Å². The number of nitrogens with one attached hydrogen (secondary N) is 1. The lowest BCUT2D eigenvalue weighted by Gasteiger charge is -2.08. The lowest BCUT2D eigenvalue weighted by Crippen LogP contribution is -2.23. The molecule has 0 aliphatic carbocycles. The molecule has 0 saturated carbocycles. The van der Waals surface area contributed by atoms with Gasteiger partial charge in [-0.3, -0.25) is 4.79 Å². The first-order valence-electron chi connectivity index (χ1n) is 15.2. The van der Waals surface area contributed by atoms with Crippen molar-refractivity contribution in [1.82, 2.24) is 5.32 Å². The minimum absolute atomic E-state index is 0.145. The Kier molecular flexibility index (Phi) is 16.6. The lowest BCUT2D eigenvalue weighted by molar-refractivity contribution is 0.0921. The Morgan fingerprint density at radius 3 is 1.76 bits per heavy atom. The largest absolute Gasteiger partial charge is 0.486 e. The zero-order valence-electron chi connectivity index (χ0n) is 24.0. The number of carbonyl (C=O) groups excluding carboxylic acids is 1. The van der Waals surface area contributed by atoms with Crippen molar-refractivity contribution in [2.75, 3.05) is 6.54 Å². The number of hydrogen-bond acceptors (Lipinski definition) is 3. The van der Waals surface area contributed by atoms with Crippen LogP contribution < -0.4 is 10.1 Å². The van der Waals surface area contributed by atoms with Gasteiger partial charge in [0.25, 0.3) is 5.91 Å². The van der Waals surface area contributed by atoms with Crippen LogP contribution in [0.4, 0.5) is 0 Å². The Hall–Kier alpha value is -2.23. The second kappa shape index (κ2) is 19.8. The molecule has 1 N–H and O–H groups in total. The van der Waals surface area contributed by atoms with Crippen molar-refractivity contribution in [3.8, 4) is 5.75 Å². The molecule has 0 spiro atoms. The molecule has 0 unspecified atom stereocenters. The van der Waals surface area contributed by atoms with E-state index >= 15 is 0 Å². The van der Waals surface area contributed by atoms with Gasteiger partial charge in [0.05, 0.1) is 0 Å². The summed E-state index contributed by atoms with van der Waals surface area (Å²) in [5.74, 6) is 2.16. The molecule has 0 aliphatic rings. The van der Waals surface area contributed by atoms with Gasteiger partial charge < -0.3 is 14.5 Å². The van der Waals surface area contributed by atoms with E-state index < -0.39 is 0 Å². The third-order valence-corrected chi connectivity index (χ3v) is 7.13. The van der Waals surface area contributed by atoms with E-state index in [1.807, 2.05) is 18.2 Å². The molecular weight excluding hydrogens is 458 g/mol. The van der Waals surface area contributed by atoms with E-state index in [4.69, 9.17) is 9.15 Å². The van der Waals surface area contributed by atoms with Crippen molar-refractivity contribution in [2.24, 2.45) is 0 Å². The second-order valence-corrected chi connectivity index (χ2v) is 10.8. The zero-order valence-corrected chi connectivity index (χ0v) is 24.0. The molecule has 2 rings (SSSR count). The SMILES string of the molecule is CCCCCCCCCCCCCCCCCCNC(=O)c1ccc(COc2ccc(C(C)C)cc2)o1. The van der Waals surface area contributed by atoms with Gasteiger partial charge in [0.15, 0.2) is 5.76 Å². The Balaban J connectivity index is 1.41. The van der Waals surface area contributed by atoms with E-state index in [-0.39, 0.29) is 5.91 Å².